The van der Waals surface area contributed by atoms with Crippen molar-refractivity contribution < 1.29 is 0 Å². The fourth-order valence-electron chi connectivity index (χ4n) is 1.08. The number of benzene rings is 1. The van der Waals surface area contributed by atoms with Crippen LogP contribution in [0.3, 0.4) is 0 Å². The van der Waals surface area contributed by atoms with Crippen LogP contribution < -0.4 is 0 Å². The largest absolute Gasteiger partial charge is 0.309 e. The van der Waals surface area contributed by atoms with Crippen molar-refractivity contribution in [2.75, 3.05) is 20.6 Å². The van der Waals surface area contributed by atoms with E-state index in [1.165, 1.54) is 5.56 Å². The highest BCUT2D eigenvalue weighted by molar-refractivity contribution is 9.10. The Morgan fingerprint density at radius 2 is 2.08 bits per heavy atom. The van der Waals surface area contributed by atoms with E-state index in [4.69, 9.17) is 11.6 Å². The molecule has 0 bridgehead atoms. The van der Waals surface area contributed by atoms with Crippen molar-refractivity contribution in [3.63, 3.8) is 0 Å². The summed E-state index contributed by atoms with van der Waals surface area (Å²) in [7, 11) is 4.12. The van der Waals surface area contributed by atoms with Gasteiger partial charge < -0.3 is 4.90 Å². The summed E-state index contributed by atoms with van der Waals surface area (Å²) in [5.41, 5.74) is 1.20. The molecule has 0 spiro atoms. The summed E-state index contributed by atoms with van der Waals surface area (Å²) in [5, 5.41) is 0.852. The summed E-state index contributed by atoms with van der Waals surface area (Å²) < 4.78 is 1.09. The molecule has 0 aliphatic heterocycles. The van der Waals surface area contributed by atoms with E-state index in [2.05, 4.69) is 41.0 Å². The predicted octanol–water partition coefficient (Wildman–Crippen LogP) is 3.21. The van der Waals surface area contributed by atoms with Crippen molar-refractivity contribution in [1.82, 2.24) is 4.90 Å². The zero-order chi connectivity index (χ0) is 9.84. The van der Waals surface area contributed by atoms with Gasteiger partial charge in [-0.1, -0.05) is 27.5 Å². The van der Waals surface area contributed by atoms with E-state index in [1.807, 2.05) is 12.1 Å². The summed E-state index contributed by atoms with van der Waals surface area (Å²) in [6.07, 6.45) is 0.991. The molecule has 0 unspecified atom stereocenters. The Morgan fingerprint density at radius 3 is 2.69 bits per heavy atom. The second-order valence-corrected chi connectivity index (χ2v) is 4.61. The molecule has 0 amide bonds. The molecule has 72 valence electrons. The van der Waals surface area contributed by atoms with E-state index in [1.54, 1.807) is 0 Å². The first-order valence-corrected chi connectivity index (χ1v) is 5.35. The van der Waals surface area contributed by atoms with Crippen LogP contribution >= 0.6 is 27.5 Å². The van der Waals surface area contributed by atoms with Crippen molar-refractivity contribution in [2.45, 2.75) is 6.42 Å². The Morgan fingerprint density at radius 1 is 1.38 bits per heavy atom. The van der Waals surface area contributed by atoms with E-state index in [0.29, 0.717) is 0 Å². The van der Waals surface area contributed by atoms with E-state index < -0.39 is 0 Å². The van der Waals surface area contributed by atoms with Crippen LogP contribution in [-0.2, 0) is 6.42 Å². The normalized spacial score (nSPS) is 10.8. The fourth-order valence-corrected chi connectivity index (χ4v) is 1.70. The van der Waals surface area contributed by atoms with Crippen LogP contribution in [-0.4, -0.2) is 25.5 Å². The molecular weight excluding hydrogens is 249 g/mol. The molecule has 0 saturated heterocycles. The molecule has 0 N–H and O–H groups in total. The van der Waals surface area contributed by atoms with Crippen molar-refractivity contribution in [3.8, 4) is 0 Å². The predicted molar refractivity (Wildman–Crippen MR) is 61.4 cm³/mol. The molecule has 13 heavy (non-hydrogen) atoms. The molecule has 0 atom stereocenters. The maximum atomic E-state index is 6.04. The molecule has 0 aromatic heterocycles. The molecule has 0 heterocycles. The average Bonchev–Trinajstić information content (AvgIpc) is 2.06. The molecule has 0 aliphatic carbocycles. The van der Waals surface area contributed by atoms with E-state index in [-0.39, 0.29) is 0 Å². The number of likely N-dealkylation sites (N-methyl/N-ethyl adjacent to an activating group) is 1. The van der Waals surface area contributed by atoms with Crippen LogP contribution in [0.5, 0.6) is 0 Å². The molecule has 3 heteroatoms. The number of hydrogen-bond donors (Lipinski definition) is 0. The van der Waals surface area contributed by atoms with Crippen LogP contribution in [0.25, 0.3) is 0 Å². The monoisotopic (exact) mass is 261 g/mol. The maximum Gasteiger partial charge on any atom is 0.0439 e. The zero-order valence-electron chi connectivity index (χ0n) is 7.85. The SMILES string of the molecule is CN(C)CCc1cc(Br)ccc1Cl. The highest BCUT2D eigenvalue weighted by Gasteiger charge is 2.01. The van der Waals surface area contributed by atoms with Crippen LogP contribution in [0.2, 0.25) is 5.02 Å². The third-order valence-corrected chi connectivity index (χ3v) is 2.70. The van der Waals surface area contributed by atoms with E-state index in [0.717, 1.165) is 22.5 Å². The van der Waals surface area contributed by atoms with Gasteiger partial charge in [-0.15, -0.1) is 0 Å². The van der Waals surface area contributed by atoms with Gasteiger partial charge in [0, 0.05) is 16.0 Å². The number of halogens is 2. The van der Waals surface area contributed by atoms with Crippen LogP contribution in [0, 0.1) is 0 Å². The molecule has 0 radical (unpaired) electrons. The van der Waals surface area contributed by atoms with Crippen LogP contribution in [0.4, 0.5) is 0 Å². The Bertz CT molecular complexity index is 286. The van der Waals surface area contributed by atoms with Gasteiger partial charge in [-0.2, -0.15) is 0 Å². The van der Waals surface area contributed by atoms with Crippen molar-refractivity contribution in [2.24, 2.45) is 0 Å². The fraction of sp³-hybridized carbons (Fsp3) is 0.400. The molecule has 1 aromatic rings. The number of rotatable bonds is 3. The van der Waals surface area contributed by atoms with Crippen molar-refractivity contribution in [1.29, 1.82) is 0 Å². The van der Waals surface area contributed by atoms with E-state index in [9.17, 15) is 0 Å². The Hall–Kier alpha value is -0.0500. The van der Waals surface area contributed by atoms with Gasteiger partial charge in [0.05, 0.1) is 0 Å². The molecule has 1 rings (SSSR count). The minimum atomic E-state index is 0.852. The number of hydrogen-bond acceptors (Lipinski definition) is 1. The molecule has 0 fully saturated rings. The summed E-state index contributed by atoms with van der Waals surface area (Å²) in [6, 6.07) is 5.96. The van der Waals surface area contributed by atoms with Crippen molar-refractivity contribution in [3.05, 3.63) is 33.3 Å². The highest BCUT2D eigenvalue weighted by Crippen LogP contribution is 2.21. The molecule has 0 saturated carbocycles. The lowest BCUT2D eigenvalue weighted by atomic mass is 10.1. The first-order chi connectivity index (χ1) is 6.09. The minimum Gasteiger partial charge on any atom is -0.309 e. The topological polar surface area (TPSA) is 3.24 Å². The average molecular weight is 263 g/mol. The van der Waals surface area contributed by atoms with Crippen LogP contribution in [0.1, 0.15) is 5.56 Å². The van der Waals surface area contributed by atoms with Crippen molar-refractivity contribution >= 4 is 27.5 Å². The third-order valence-electron chi connectivity index (χ3n) is 1.84. The standard InChI is InChI=1S/C10H13BrClN/c1-13(2)6-5-8-7-9(11)3-4-10(8)12/h3-4,7H,5-6H2,1-2H3. The summed E-state index contributed by atoms with van der Waals surface area (Å²) in [6.45, 7) is 1.02. The van der Waals surface area contributed by atoms with Gasteiger partial charge in [0.15, 0.2) is 0 Å². The lowest BCUT2D eigenvalue weighted by molar-refractivity contribution is 0.413. The Labute approximate surface area is 92.8 Å². The first kappa shape index (κ1) is 11.0. The Balaban J connectivity index is 2.70. The van der Waals surface area contributed by atoms with E-state index >= 15 is 0 Å². The summed E-state index contributed by atoms with van der Waals surface area (Å²) in [4.78, 5) is 2.15. The van der Waals surface area contributed by atoms with Gasteiger partial charge in [0.1, 0.15) is 0 Å². The maximum absolute atomic E-state index is 6.04. The smallest absolute Gasteiger partial charge is 0.0439 e. The molecular formula is C10H13BrClN. The lowest BCUT2D eigenvalue weighted by Gasteiger charge is -2.10. The highest BCUT2D eigenvalue weighted by atomic mass is 79.9. The van der Waals surface area contributed by atoms with Gasteiger partial charge in [-0.05, 0) is 44.3 Å². The quantitative estimate of drug-likeness (QED) is 0.808. The second kappa shape index (κ2) is 4.99. The molecule has 1 aromatic carbocycles. The lowest BCUT2D eigenvalue weighted by Crippen LogP contribution is -2.15. The first-order valence-electron chi connectivity index (χ1n) is 4.18. The minimum absolute atomic E-state index is 0.852. The van der Waals surface area contributed by atoms with Gasteiger partial charge in [0.25, 0.3) is 0 Å². The van der Waals surface area contributed by atoms with Gasteiger partial charge in [0.2, 0.25) is 0 Å². The van der Waals surface area contributed by atoms with Gasteiger partial charge >= 0.3 is 0 Å². The third kappa shape index (κ3) is 3.67. The molecule has 0 aliphatic rings. The zero-order valence-corrected chi connectivity index (χ0v) is 10.2. The molecule has 1 nitrogen and oxygen atoms in total. The summed E-state index contributed by atoms with van der Waals surface area (Å²) >= 11 is 9.47. The Kier molecular flexibility index (Phi) is 4.23. The second-order valence-electron chi connectivity index (χ2n) is 3.29. The number of nitrogens with zero attached hydrogens (tertiary/aromatic N) is 1. The van der Waals surface area contributed by atoms with Gasteiger partial charge in [-0.25, -0.2) is 0 Å². The van der Waals surface area contributed by atoms with Gasteiger partial charge in [-0.3, -0.25) is 0 Å². The summed E-state index contributed by atoms with van der Waals surface area (Å²) in [5.74, 6) is 0. The van der Waals surface area contributed by atoms with Crippen LogP contribution in [0.15, 0.2) is 22.7 Å².